The Labute approximate surface area is 101 Å². The van der Waals surface area contributed by atoms with Gasteiger partial charge in [-0.3, -0.25) is 0 Å². The van der Waals surface area contributed by atoms with Gasteiger partial charge in [0.15, 0.2) is 0 Å². The molecule has 4 nitrogen and oxygen atoms in total. The maximum Gasteiger partial charge on any atom is 0.416 e. The zero-order chi connectivity index (χ0) is 13.3. The monoisotopic (exact) mass is 260 g/mol. The van der Waals surface area contributed by atoms with Gasteiger partial charge in [0.25, 0.3) is 6.02 Å². The number of methoxy groups -OCH3 is 1. The van der Waals surface area contributed by atoms with E-state index >= 15 is 0 Å². The van der Waals surface area contributed by atoms with Crippen LogP contribution in [0.2, 0.25) is 0 Å². The van der Waals surface area contributed by atoms with Gasteiger partial charge in [-0.25, -0.2) is 4.99 Å². The summed E-state index contributed by atoms with van der Waals surface area (Å²) in [6, 6.07) is 2.91. The summed E-state index contributed by atoms with van der Waals surface area (Å²) < 4.78 is 48.5. The van der Waals surface area contributed by atoms with Crippen molar-refractivity contribution in [3.63, 3.8) is 0 Å². The standard InChI is InChI=1S/C11H11F3N2O2/c1-17-6-2-3-7(8(4-6)11(12,13)14)9-5-18-10(15)16-9/h2-4,9H,5H2,1H3,(H2,15,16)/t9-/m0/s1. The van der Waals surface area contributed by atoms with Crippen LogP contribution in [0.1, 0.15) is 17.2 Å². The van der Waals surface area contributed by atoms with Gasteiger partial charge in [-0.15, -0.1) is 0 Å². The van der Waals surface area contributed by atoms with Crippen LogP contribution < -0.4 is 10.5 Å². The number of nitrogens with two attached hydrogens (primary N) is 1. The van der Waals surface area contributed by atoms with Crippen molar-refractivity contribution in [3.05, 3.63) is 29.3 Å². The number of hydrogen-bond acceptors (Lipinski definition) is 4. The van der Waals surface area contributed by atoms with Gasteiger partial charge in [0, 0.05) is 0 Å². The van der Waals surface area contributed by atoms with Crippen LogP contribution in [0.25, 0.3) is 0 Å². The molecule has 1 heterocycles. The smallest absolute Gasteiger partial charge is 0.416 e. The highest BCUT2D eigenvalue weighted by Crippen LogP contribution is 2.38. The highest BCUT2D eigenvalue weighted by molar-refractivity contribution is 5.73. The van der Waals surface area contributed by atoms with Crippen LogP contribution in [-0.4, -0.2) is 19.7 Å². The van der Waals surface area contributed by atoms with E-state index in [0.717, 1.165) is 6.07 Å². The van der Waals surface area contributed by atoms with Crippen LogP contribution in [0.5, 0.6) is 5.75 Å². The maximum absolute atomic E-state index is 12.9. The second-order valence-corrected chi connectivity index (χ2v) is 3.75. The van der Waals surface area contributed by atoms with Crippen LogP contribution in [0, 0.1) is 0 Å². The topological polar surface area (TPSA) is 56.8 Å². The first-order chi connectivity index (χ1) is 8.41. The van der Waals surface area contributed by atoms with Gasteiger partial charge in [-0.2, -0.15) is 13.2 Å². The normalized spacial score (nSPS) is 19.3. The van der Waals surface area contributed by atoms with E-state index in [-0.39, 0.29) is 23.9 Å². The molecule has 0 saturated carbocycles. The molecule has 0 radical (unpaired) electrons. The van der Waals surface area contributed by atoms with E-state index in [1.54, 1.807) is 0 Å². The molecule has 0 bridgehead atoms. The minimum Gasteiger partial charge on any atom is -0.497 e. The van der Waals surface area contributed by atoms with Crippen molar-refractivity contribution in [2.45, 2.75) is 12.2 Å². The predicted octanol–water partition coefficient (Wildman–Crippen LogP) is 2.10. The predicted molar refractivity (Wildman–Crippen MR) is 58.3 cm³/mol. The van der Waals surface area contributed by atoms with Gasteiger partial charge in [0.05, 0.1) is 12.7 Å². The summed E-state index contributed by atoms with van der Waals surface area (Å²) in [6.45, 7) is 0.0151. The summed E-state index contributed by atoms with van der Waals surface area (Å²) in [5.74, 6) is 0.141. The van der Waals surface area contributed by atoms with Gasteiger partial charge < -0.3 is 15.2 Å². The minimum atomic E-state index is -4.48. The van der Waals surface area contributed by atoms with E-state index in [0.29, 0.717) is 0 Å². The molecule has 7 heteroatoms. The third-order valence-corrected chi connectivity index (χ3v) is 2.60. The van der Waals surface area contributed by atoms with Gasteiger partial charge in [-0.05, 0) is 17.7 Å². The molecular weight excluding hydrogens is 249 g/mol. The molecule has 1 aromatic rings. The quantitative estimate of drug-likeness (QED) is 0.885. The van der Waals surface area contributed by atoms with Crippen LogP contribution in [-0.2, 0) is 10.9 Å². The lowest BCUT2D eigenvalue weighted by Crippen LogP contribution is -2.12. The third-order valence-electron chi connectivity index (χ3n) is 2.60. The zero-order valence-electron chi connectivity index (χ0n) is 9.49. The lowest BCUT2D eigenvalue weighted by atomic mass is 10.0. The number of hydrogen-bond donors (Lipinski definition) is 1. The third kappa shape index (κ3) is 2.34. The zero-order valence-corrected chi connectivity index (χ0v) is 9.49. The van der Waals surface area contributed by atoms with Crippen molar-refractivity contribution < 1.29 is 22.6 Å². The second-order valence-electron chi connectivity index (χ2n) is 3.75. The van der Waals surface area contributed by atoms with Gasteiger partial charge in [-0.1, -0.05) is 6.07 Å². The molecule has 1 aromatic carbocycles. The molecule has 98 valence electrons. The second kappa shape index (κ2) is 4.40. The summed E-state index contributed by atoms with van der Waals surface area (Å²) >= 11 is 0. The minimum absolute atomic E-state index is 0.0151. The average molecular weight is 260 g/mol. The first-order valence-corrected chi connectivity index (χ1v) is 5.13. The summed E-state index contributed by atoms with van der Waals surface area (Å²) in [6.07, 6.45) is -4.48. The molecule has 1 aliphatic heterocycles. The summed E-state index contributed by atoms with van der Waals surface area (Å²) in [7, 11) is 1.31. The van der Waals surface area contributed by atoms with Crippen molar-refractivity contribution in [2.24, 2.45) is 10.7 Å². The molecule has 0 unspecified atom stereocenters. The van der Waals surface area contributed by atoms with Gasteiger partial charge in [0.1, 0.15) is 18.4 Å². The molecule has 1 aliphatic rings. The average Bonchev–Trinajstić information content (AvgIpc) is 2.74. The Balaban J connectivity index is 2.47. The van der Waals surface area contributed by atoms with Crippen LogP contribution in [0.15, 0.2) is 23.2 Å². The fraction of sp³-hybridized carbons (Fsp3) is 0.364. The number of nitrogens with zero attached hydrogens (tertiary/aromatic N) is 1. The largest absolute Gasteiger partial charge is 0.497 e. The molecule has 0 fully saturated rings. The molecule has 0 aromatic heterocycles. The molecule has 0 saturated heterocycles. The van der Waals surface area contributed by atoms with Crippen LogP contribution >= 0.6 is 0 Å². The fourth-order valence-corrected chi connectivity index (χ4v) is 1.75. The number of aliphatic imine (C=N–C) groups is 1. The van der Waals surface area contributed by atoms with Crippen LogP contribution in [0.4, 0.5) is 13.2 Å². The van der Waals surface area contributed by atoms with E-state index in [2.05, 4.69) is 4.99 Å². The summed E-state index contributed by atoms with van der Waals surface area (Å²) in [4.78, 5) is 3.82. The Hall–Kier alpha value is -1.92. The highest BCUT2D eigenvalue weighted by atomic mass is 19.4. The number of alkyl halides is 3. The summed E-state index contributed by atoms with van der Waals surface area (Å²) in [5.41, 5.74) is 4.55. The molecule has 1 atom stereocenters. The number of benzene rings is 1. The SMILES string of the molecule is COc1ccc([C@@H]2COC(N)=N2)c(C(F)(F)F)c1. The lowest BCUT2D eigenvalue weighted by Gasteiger charge is -2.16. The van der Waals surface area contributed by atoms with Crippen molar-refractivity contribution >= 4 is 6.02 Å². The number of rotatable bonds is 2. The van der Waals surface area contributed by atoms with Crippen molar-refractivity contribution in [1.29, 1.82) is 0 Å². The number of halogens is 3. The van der Waals surface area contributed by atoms with E-state index in [4.69, 9.17) is 15.2 Å². The fourth-order valence-electron chi connectivity index (χ4n) is 1.75. The van der Waals surface area contributed by atoms with Gasteiger partial charge >= 0.3 is 6.18 Å². The number of amidine groups is 1. The van der Waals surface area contributed by atoms with E-state index in [1.165, 1.54) is 19.2 Å². The van der Waals surface area contributed by atoms with Crippen molar-refractivity contribution in [2.75, 3.05) is 13.7 Å². The molecule has 0 spiro atoms. The van der Waals surface area contributed by atoms with E-state index in [1.807, 2.05) is 0 Å². The Morgan fingerprint density at radius 3 is 2.67 bits per heavy atom. The van der Waals surface area contributed by atoms with Crippen LogP contribution in [0.3, 0.4) is 0 Å². The Bertz CT molecular complexity index is 486. The molecule has 18 heavy (non-hydrogen) atoms. The highest BCUT2D eigenvalue weighted by Gasteiger charge is 2.37. The Kier molecular flexibility index (Phi) is 3.06. The summed E-state index contributed by atoms with van der Waals surface area (Å²) in [5, 5.41) is 0. The lowest BCUT2D eigenvalue weighted by molar-refractivity contribution is -0.138. The van der Waals surface area contributed by atoms with E-state index in [9.17, 15) is 13.2 Å². The molecule has 2 rings (SSSR count). The number of ether oxygens (including phenoxy) is 2. The molecular formula is C11H11F3N2O2. The molecule has 2 N–H and O–H groups in total. The van der Waals surface area contributed by atoms with Crippen molar-refractivity contribution in [3.8, 4) is 5.75 Å². The van der Waals surface area contributed by atoms with Crippen molar-refractivity contribution in [1.82, 2.24) is 0 Å². The molecule has 0 aliphatic carbocycles. The first kappa shape index (κ1) is 12.5. The first-order valence-electron chi connectivity index (χ1n) is 5.13. The maximum atomic E-state index is 12.9. The van der Waals surface area contributed by atoms with Gasteiger partial charge in [0.2, 0.25) is 0 Å². The molecule has 0 amide bonds. The van der Waals surface area contributed by atoms with E-state index < -0.39 is 17.8 Å². The Morgan fingerprint density at radius 1 is 1.44 bits per heavy atom. The Morgan fingerprint density at radius 2 is 2.17 bits per heavy atom.